The quantitative estimate of drug-likeness (QED) is 0.911. The highest BCUT2D eigenvalue weighted by Gasteiger charge is 2.37. The van der Waals surface area contributed by atoms with E-state index >= 15 is 0 Å². The van der Waals surface area contributed by atoms with Gasteiger partial charge in [-0.3, -0.25) is 4.79 Å². The molecule has 5 rings (SSSR count). The van der Waals surface area contributed by atoms with E-state index in [1.807, 2.05) is 17.0 Å². The maximum atomic E-state index is 12.4. The molecular formula is C18H17ClN4O2. The summed E-state index contributed by atoms with van der Waals surface area (Å²) >= 11 is 6.07. The molecule has 0 saturated carbocycles. The van der Waals surface area contributed by atoms with Crippen molar-refractivity contribution in [1.82, 2.24) is 14.9 Å². The molecule has 25 heavy (non-hydrogen) atoms. The molecule has 1 aromatic heterocycles. The smallest absolute Gasteiger partial charge is 0.258 e. The molecule has 7 heteroatoms. The molecule has 1 aliphatic carbocycles. The zero-order chi connectivity index (χ0) is 17.0. The van der Waals surface area contributed by atoms with Crippen molar-refractivity contribution < 1.29 is 9.53 Å². The first-order valence-electron chi connectivity index (χ1n) is 8.46. The van der Waals surface area contributed by atoms with Crippen LogP contribution in [-0.4, -0.2) is 46.1 Å². The Morgan fingerprint density at radius 3 is 2.88 bits per heavy atom. The van der Waals surface area contributed by atoms with Crippen LogP contribution < -0.4 is 5.32 Å². The van der Waals surface area contributed by atoms with Gasteiger partial charge in [0.05, 0.1) is 37.1 Å². The van der Waals surface area contributed by atoms with Crippen LogP contribution in [-0.2, 0) is 24.1 Å². The third-order valence-electron chi connectivity index (χ3n) is 5.17. The lowest BCUT2D eigenvalue weighted by atomic mass is 10.1. The molecule has 1 saturated heterocycles. The Bertz CT molecular complexity index is 868. The standard InChI is InChI=1S/C18H17ClN4O2/c19-12-2-1-10-4-13(5-11(10)3-12)21-18-20-6-15-16(22-18)7-23(17(15)24)14-8-25-9-14/h1-3,6,13-14H,4-5,7-9H2,(H,20,21,22). The predicted octanol–water partition coefficient (Wildman–Crippen LogP) is 2.06. The van der Waals surface area contributed by atoms with Gasteiger partial charge in [-0.05, 0) is 36.1 Å². The van der Waals surface area contributed by atoms with Gasteiger partial charge in [0, 0.05) is 17.3 Å². The zero-order valence-electron chi connectivity index (χ0n) is 13.5. The molecule has 0 radical (unpaired) electrons. The van der Waals surface area contributed by atoms with Gasteiger partial charge in [0.15, 0.2) is 0 Å². The molecular weight excluding hydrogens is 340 g/mol. The van der Waals surface area contributed by atoms with Crippen molar-refractivity contribution in [2.75, 3.05) is 18.5 Å². The molecule has 1 fully saturated rings. The summed E-state index contributed by atoms with van der Waals surface area (Å²) in [6, 6.07) is 6.46. The molecule has 3 aliphatic rings. The molecule has 1 aromatic carbocycles. The minimum atomic E-state index is 0.0118. The van der Waals surface area contributed by atoms with E-state index in [1.165, 1.54) is 11.1 Å². The fourth-order valence-electron chi connectivity index (χ4n) is 3.74. The van der Waals surface area contributed by atoms with Crippen LogP contribution in [0.1, 0.15) is 27.2 Å². The molecule has 0 spiro atoms. The van der Waals surface area contributed by atoms with Crippen LogP contribution in [0.15, 0.2) is 24.4 Å². The minimum Gasteiger partial charge on any atom is -0.377 e. The second-order valence-electron chi connectivity index (χ2n) is 6.84. The molecule has 0 bridgehead atoms. The highest BCUT2D eigenvalue weighted by atomic mass is 35.5. The van der Waals surface area contributed by atoms with Gasteiger partial charge in [0.2, 0.25) is 5.95 Å². The number of rotatable bonds is 3. The van der Waals surface area contributed by atoms with Gasteiger partial charge >= 0.3 is 0 Å². The number of hydrogen-bond donors (Lipinski definition) is 1. The Hall–Kier alpha value is -2.18. The minimum absolute atomic E-state index is 0.0118. The molecule has 3 heterocycles. The van der Waals surface area contributed by atoms with Gasteiger partial charge in [-0.15, -0.1) is 0 Å². The first-order valence-corrected chi connectivity index (χ1v) is 8.83. The van der Waals surface area contributed by atoms with Gasteiger partial charge in [0.25, 0.3) is 5.91 Å². The van der Waals surface area contributed by atoms with Crippen molar-refractivity contribution in [3.05, 3.63) is 51.8 Å². The van der Waals surface area contributed by atoms with Gasteiger partial charge in [-0.25, -0.2) is 9.97 Å². The lowest BCUT2D eigenvalue weighted by molar-refractivity contribution is -0.0542. The Kier molecular flexibility index (Phi) is 3.43. The average Bonchev–Trinajstić information content (AvgIpc) is 3.06. The summed E-state index contributed by atoms with van der Waals surface area (Å²) in [6.07, 6.45) is 3.48. The van der Waals surface area contributed by atoms with Crippen molar-refractivity contribution in [2.24, 2.45) is 0 Å². The van der Waals surface area contributed by atoms with E-state index < -0.39 is 0 Å². The maximum Gasteiger partial charge on any atom is 0.258 e. The van der Waals surface area contributed by atoms with Gasteiger partial charge in [-0.1, -0.05) is 17.7 Å². The van der Waals surface area contributed by atoms with Crippen LogP contribution in [0.3, 0.4) is 0 Å². The number of carbonyl (C=O) groups is 1. The Balaban J connectivity index is 1.32. The van der Waals surface area contributed by atoms with Gasteiger partial charge in [0.1, 0.15) is 0 Å². The molecule has 1 atom stereocenters. The highest BCUT2D eigenvalue weighted by Crippen LogP contribution is 2.28. The molecule has 2 aromatic rings. The number of fused-ring (bicyclic) bond motifs is 2. The summed E-state index contributed by atoms with van der Waals surface area (Å²) in [5.41, 5.74) is 4.00. The SMILES string of the molecule is O=C1c2cnc(NC3Cc4ccc(Cl)cc4C3)nc2CN1C1COC1. The second-order valence-corrected chi connectivity index (χ2v) is 7.28. The number of benzene rings is 1. The number of halogens is 1. The van der Waals surface area contributed by atoms with E-state index in [2.05, 4.69) is 21.4 Å². The van der Waals surface area contributed by atoms with Gasteiger partial charge < -0.3 is 15.0 Å². The second kappa shape index (κ2) is 5.68. The summed E-state index contributed by atoms with van der Waals surface area (Å²) in [5, 5.41) is 4.17. The fourth-order valence-corrected chi connectivity index (χ4v) is 3.94. The number of ether oxygens (including phenoxy) is 1. The van der Waals surface area contributed by atoms with Crippen molar-refractivity contribution in [1.29, 1.82) is 0 Å². The van der Waals surface area contributed by atoms with Crippen LogP contribution >= 0.6 is 11.6 Å². The summed E-state index contributed by atoms with van der Waals surface area (Å²) in [6.45, 7) is 1.77. The monoisotopic (exact) mass is 356 g/mol. The van der Waals surface area contributed by atoms with E-state index in [9.17, 15) is 4.79 Å². The molecule has 1 unspecified atom stereocenters. The number of nitrogens with zero attached hydrogens (tertiary/aromatic N) is 3. The lowest BCUT2D eigenvalue weighted by Crippen LogP contribution is -2.48. The Morgan fingerprint density at radius 2 is 2.08 bits per heavy atom. The van der Waals surface area contributed by atoms with Crippen LogP contribution in [0.25, 0.3) is 0 Å². The van der Waals surface area contributed by atoms with Crippen LogP contribution in [0.2, 0.25) is 5.02 Å². The summed E-state index contributed by atoms with van der Waals surface area (Å²) in [7, 11) is 0. The van der Waals surface area contributed by atoms with E-state index in [0.29, 0.717) is 31.3 Å². The number of nitrogens with one attached hydrogen (secondary N) is 1. The number of carbonyl (C=O) groups excluding carboxylic acids is 1. The topological polar surface area (TPSA) is 67.4 Å². The summed E-state index contributed by atoms with van der Waals surface area (Å²) in [5.74, 6) is 0.597. The lowest BCUT2D eigenvalue weighted by Gasteiger charge is -2.34. The third kappa shape index (κ3) is 2.56. The predicted molar refractivity (Wildman–Crippen MR) is 92.8 cm³/mol. The molecule has 1 amide bonds. The van der Waals surface area contributed by atoms with Crippen LogP contribution in [0.5, 0.6) is 0 Å². The van der Waals surface area contributed by atoms with E-state index in [4.69, 9.17) is 16.3 Å². The maximum absolute atomic E-state index is 12.4. The van der Waals surface area contributed by atoms with Crippen molar-refractivity contribution in [3.8, 4) is 0 Å². The number of amides is 1. The fraction of sp³-hybridized carbons (Fsp3) is 0.389. The highest BCUT2D eigenvalue weighted by molar-refractivity contribution is 6.30. The van der Waals surface area contributed by atoms with Crippen molar-refractivity contribution >= 4 is 23.5 Å². The number of hydrogen-bond acceptors (Lipinski definition) is 5. The average molecular weight is 357 g/mol. The number of anilines is 1. The Labute approximate surface area is 150 Å². The van der Waals surface area contributed by atoms with Crippen molar-refractivity contribution in [2.45, 2.75) is 31.5 Å². The normalized spacial score (nSPS) is 21.9. The molecule has 128 valence electrons. The van der Waals surface area contributed by atoms with Gasteiger partial charge in [-0.2, -0.15) is 0 Å². The molecule has 1 N–H and O–H groups in total. The van der Waals surface area contributed by atoms with E-state index in [1.54, 1.807) is 6.20 Å². The zero-order valence-corrected chi connectivity index (χ0v) is 14.3. The largest absolute Gasteiger partial charge is 0.377 e. The van der Waals surface area contributed by atoms with Crippen LogP contribution in [0, 0.1) is 0 Å². The van der Waals surface area contributed by atoms with Crippen molar-refractivity contribution in [3.63, 3.8) is 0 Å². The van der Waals surface area contributed by atoms with E-state index in [0.717, 1.165) is 23.6 Å². The molecule has 6 nitrogen and oxygen atoms in total. The first kappa shape index (κ1) is 15.1. The van der Waals surface area contributed by atoms with Crippen LogP contribution in [0.4, 0.5) is 5.95 Å². The molecule has 2 aliphatic heterocycles. The van der Waals surface area contributed by atoms with E-state index in [-0.39, 0.29) is 18.0 Å². The summed E-state index contributed by atoms with van der Waals surface area (Å²) in [4.78, 5) is 23.2. The number of aromatic nitrogens is 2. The summed E-state index contributed by atoms with van der Waals surface area (Å²) < 4.78 is 5.19. The first-order chi connectivity index (χ1) is 12.2. The Morgan fingerprint density at radius 1 is 1.24 bits per heavy atom. The third-order valence-corrected chi connectivity index (χ3v) is 5.41.